The van der Waals surface area contributed by atoms with E-state index >= 15 is 0 Å². The fourth-order valence-electron chi connectivity index (χ4n) is 1.62. The number of aromatic nitrogens is 1. The number of hydrogen-bond donors (Lipinski definition) is 2. The predicted octanol–water partition coefficient (Wildman–Crippen LogP) is 1.87. The van der Waals surface area contributed by atoms with Gasteiger partial charge in [-0.15, -0.1) is 11.3 Å². The van der Waals surface area contributed by atoms with E-state index in [0.717, 1.165) is 4.88 Å². The number of hydrogen-bond acceptors (Lipinski definition) is 3. The van der Waals surface area contributed by atoms with Gasteiger partial charge in [-0.2, -0.15) is 0 Å². The molecule has 0 aliphatic rings. The van der Waals surface area contributed by atoms with E-state index in [0.29, 0.717) is 5.69 Å². The number of nitrogens with one attached hydrogen (secondary N) is 2. The van der Waals surface area contributed by atoms with Gasteiger partial charge in [0.05, 0.1) is 0 Å². The Bertz CT molecular complexity index is 655. The molecule has 2 rings (SSSR count). The Balaban J connectivity index is 1.85. The van der Waals surface area contributed by atoms with E-state index in [9.17, 15) is 9.59 Å². The topological polar surface area (TPSA) is 63.1 Å². The Morgan fingerprint density at radius 1 is 1.25 bits per heavy atom. The van der Waals surface area contributed by atoms with Crippen molar-refractivity contribution in [2.75, 3.05) is 0 Å². The molecule has 2 N–H and O–H groups in total. The summed E-state index contributed by atoms with van der Waals surface area (Å²) < 4.78 is 1.67. The molecule has 0 spiro atoms. The lowest BCUT2D eigenvalue weighted by Crippen LogP contribution is -2.41. The van der Waals surface area contributed by atoms with E-state index in [2.05, 4.69) is 10.9 Å². The molecule has 104 valence electrons. The van der Waals surface area contributed by atoms with Crippen molar-refractivity contribution in [1.82, 2.24) is 15.4 Å². The Kier molecular flexibility index (Phi) is 4.37. The van der Waals surface area contributed by atoms with Gasteiger partial charge >= 0.3 is 0 Å². The molecule has 6 heteroatoms. The Labute approximate surface area is 120 Å². The average Bonchev–Trinajstić information content (AvgIpc) is 3.02. The fraction of sp³-hybridized carbons (Fsp3) is 0.143. The fourth-order valence-corrected chi connectivity index (χ4v) is 2.40. The normalized spacial score (nSPS) is 10.7. The van der Waals surface area contributed by atoms with E-state index in [4.69, 9.17) is 0 Å². The third-order valence-electron chi connectivity index (χ3n) is 2.64. The summed E-state index contributed by atoms with van der Waals surface area (Å²) in [6.45, 7) is 2.00. The second-order valence-corrected chi connectivity index (χ2v) is 5.55. The molecule has 0 aromatic carbocycles. The molecular weight excluding hydrogens is 274 g/mol. The lowest BCUT2D eigenvalue weighted by Gasteiger charge is -2.05. The van der Waals surface area contributed by atoms with E-state index < -0.39 is 0 Å². The van der Waals surface area contributed by atoms with Gasteiger partial charge in [0.15, 0.2) is 0 Å². The minimum atomic E-state index is -0.376. The third kappa shape index (κ3) is 3.58. The van der Waals surface area contributed by atoms with Crippen molar-refractivity contribution in [1.29, 1.82) is 0 Å². The maximum atomic E-state index is 11.7. The molecule has 2 aromatic rings. The number of aryl methyl sites for hydroxylation is 2. The second kappa shape index (κ2) is 6.21. The van der Waals surface area contributed by atoms with Gasteiger partial charge in [0.2, 0.25) is 0 Å². The molecule has 0 saturated carbocycles. The first kappa shape index (κ1) is 14.1. The average molecular weight is 289 g/mol. The van der Waals surface area contributed by atoms with Gasteiger partial charge < -0.3 is 4.57 Å². The highest BCUT2D eigenvalue weighted by molar-refractivity contribution is 7.12. The number of carbonyl (C=O) groups is 2. The van der Waals surface area contributed by atoms with Crippen molar-refractivity contribution >= 4 is 29.2 Å². The lowest BCUT2D eigenvalue weighted by atomic mass is 10.4. The Morgan fingerprint density at radius 2 is 2.05 bits per heavy atom. The van der Waals surface area contributed by atoms with Crippen LogP contribution in [0, 0.1) is 6.92 Å². The highest BCUT2D eigenvalue weighted by Gasteiger charge is 2.08. The van der Waals surface area contributed by atoms with Crippen LogP contribution in [0.3, 0.4) is 0 Å². The molecule has 0 aliphatic heterocycles. The van der Waals surface area contributed by atoms with Crippen LogP contribution in [0.5, 0.6) is 0 Å². The van der Waals surface area contributed by atoms with Crippen molar-refractivity contribution in [2.24, 2.45) is 7.05 Å². The SMILES string of the molecule is Cc1ccc(/C=C/C(=O)NNC(=O)c2cccn2C)s1. The molecule has 0 unspecified atom stereocenters. The first-order valence-electron chi connectivity index (χ1n) is 6.02. The standard InChI is InChI=1S/C14H15N3O2S/c1-10-5-6-11(20-10)7-8-13(18)15-16-14(19)12-4-3-9-17(12)2/h3-9H,1-2H3,(H,15,18)(H,16,19)/b8-7+. The van der Waals surface area contributed by atoms with Crippen molar-refractivity contribution in [2.45, 2.75) is 6.92 Å². The summed E-state index contributed by atoms with van der Waals surface area (Å²) in [7, 11) is 1.76. The number of hydrazine groups is 1. The summed E-state index contributed by atoms with van der Waals surface area (Å²) in [4.78, 5) is 25.5. The summed E-state index contributed by atoms with van der Waals surface area (Å²) >= 11 is 1.60. The number of nitrogens with zero attached hydrogens (tertiary/aromatic N) is 1. The highest BCUT2D eigenvalue weighted by atomic mass is 32.1. The molecule has 5 nitrogen and oxygen atoms in total. The van der Waals surface area contributed by atoms with Crippen LogP contribution in [0.4, 0.5) is 0 Å². The van der Waals surface area contributed by atoms with Gasteiger partial charge in [-0.05, 0) is 37.3 Å². The van der Waals surface area contributed by atoms with Gasteiger partial charge in [0.1, 0.15) is 5.69 Å². The van der Waals surface area contributed by atoms with Crippen LogP contribution in [0.1, 0.15) is 20.2 Å². The zero-order valence-electron chi connectivity index (χ0n) is 11.2. The first-order chi connectivity index (χ1) is 9.56. The molecular formula is C14H15N3O2S. The van der Waals surface area contributed by atoms with Crippen LogP contribution in [0.15, 0.2) is 36.5 Å². The van der Waals surface area contributed by atoms with Gasteiger partial charge in [0, 0.05) is 29.1 Å². The highest BCUT2D eigenvalue weighted by Crippen LogP contribution is 2.16. The first-order valence-corrected chi connectivity index (χ1v) is 6.84. The largest absolute Gasteiger partial charge is 0.347 e. The van der Waals surface area contributed by atoms with Gasteiger partial charge in [-0.1, -0.05) is 0 Å². The predicted molar refractivity (Wildman–Crippen MR) is 79.1 cm³/mol. The molecule has 0 bridgehead atoms. The van der Waals surface area contributed by atoms with Crippen LogP contribution in [0.25, 0.3) is 6.08 Å². The number of amides is 2. The Morgan fingerprint density at radius 3 is 2.65 bits per heavy atom. The molecule has 20 heavy (non-hydrogen) atoms. The molecule has 0 aliphatic carbocycles. The lowest BCUT2D eigenvalue weighted by molar-refractivity contribution is -0.117. The minimum Gasteiger partial charge on any atom is -0.347 e. The van der Waals surface area contributed by atoms with E-state index in [1.807, 2.05) is 19.1 Å². The van der Waals surface area contributed by atoms with Crippen molar-refractivity contribution < 1.29 is 9.59 Å². The molecule has 0 fully saturated rings. The molecule has 2 aromatic heterocycles. The van der Waals surface area contributed by atoms with Crippen molar-refractivity contribution in [3.63, 3.8) is 0 Å². The number of carbonyl (C=O) groups excluding carboxylic acids is 2. The van der Waals surface area contributed by atoms with E-state index in [1.54, 1.807) is 47.4 Å². The third-order valence-corrected chi connectivity index (χ3v) is 3.60. The summed E-state index contributed by atoms with van der Waals surface area (Å²) in [5.41, 5.74) is 5.18. The molecule has 2 amide bonds. The van der Waals surface area contributed by atoms with Gasteiger partial charge in [-0.25, -0.2) is 0 Å². The summed E-state index contributed by atoms with van der Waals surface area (Å²) in [5, 5.41) is 0. The van der Waals surface area contributed by atoms with Gasteiger partial charge in [-0.3, -0.25) is 20.4 Å². The molecule has 0 radical (unpaired) electrons. The summed E-state index contributed by atoms with van der Waals surface area (Å²) in [5.74, 6) is -0.732. The minimum absolute atomic E-state index is 0.355. The van der Waals surface area contributed by atoms with Crippen LogP contribution < -0.4 is 10.9 Å². The summed E-state index contributed by atoms with van der Waals surface area (Å²) in [6, 6.07) is 7.35. The van der Waals surface area contributed by atoms with Gasteiger partial charge in [0.25, 0.3) is 11.8 Å². The van der Waals surface area contributed by atoms with Crippen LogP contribution in [-0.2, 0) is 11.8 Å². The monoisotopic (exact) mass is 289 g/mol. The quantitative estimate of drug-likeness (QED) is 0.669. The zero-order chi connectivity index (χ0) is 14.5. The number of thiophene rings is 1. The smallest absolute Gasteiger partial charge is 0.286 e. The maximum absolute atomic E-state index is 11.7. The molecule has 2 heterocycles. The summed E-state index contributed by atoms with van der Waals surface area (Å²) in [6.07, 6.45) is 4.86. The van der Waals surface area contributed by atoms with Crippen molar-refractivity contribution in [3.8, 4) is 0 Å². The Hall–Kier alpha value is -2.34. The molecule has 0 saturated heterocycles. The molecule has 0 atom stereocenters. The van der Waals surface area contributed by atoms with E-state index in [-0.39, 0.29) is 11.8 Å². The van der Waals surface area contributed by atoms with Crippen LogP contribution in [0.2, 0.25) is 0 Å². The van der Waals surface area contributed by atoms with Crippen LogP contribution in [-0.4, -0.2) is 16.4 Å². The van der Waals surface area contributed by atoms with E-state index in [1.165, 1.54) is 11.0 Å². The van der Waals surface area contributed by atoms with Crippen molar-refractivity contribution in [3.05, 3.63) is 52.0 Å². The number of rotatable bonds is 3. The zero-order valence-corrected chi connectivity index (χ0v) is 12.0. The van der Waals surface area contributed by atoms with Crippen LogP contribution >= 0.6 is 11.3 Å². The maximum Gasteiger partial charge on any atom is 0.286 e. The second-order valence-electron chi connectivity index (χ2n) is 4.23.